The minimum Gasteiger partial charge on any atom is -0.355 e. The van der Waals surface area contributed by atoms with E-state index in [1.165, 1.54) is 0 Å². The Bertz CT molecular complexity index is 546. The third kappa shape index (κ3) is 5.68. The molecule has 0 atom stereocenters. The third-order valence-corrected chi connectivity index (χ3v) is 3.57. The van der Waals surface area contributed by atoms with Crippen molar-refractivity contribution in [3.8, 4) is 0 Å². The number of hydrogen-bond donors (Lipinski definition) is 2. The second kappa shape index (κ2) is 6.38. The Kier molecular flexibility index (Phi) is 5.40. The fourth-order valence-corrected chi connectivity index (χ4v) is 1.94. The van der Waals surface area contributed by atoms with E-state index in [9.17, 15) is 13.2 Å². The number of amides is 1. The molecule has 0 unspecified atom stereocenters. The van der Waals surface area contributed by atoms with Crippen LogP contribution in [0.25, 0.3) is 0 Å². The molecule has 18 heavy (non-hydrogen) atoms. The lowest BCUT2D eigenvalue weighted by molar-refractivity contribution is -0.120. The van der Waals surface area contributed by atoms with E-state index in [4.69, 9.17) is 28.3 Å². The van der Waals surface area contributed by atoms with Crippen LogP contribution >= 0.6 is 23.2 Å². The number of primary sulfonamides is 1. The van der Waals surface area contributed by atoms with Crippen LogP contribution in [0, 0.1) is 0 Å². The van der Waals surface area contributed by atoms with E-state index < -0.39 is 10.0 Å². The molecule has 0 spiro atoms. The van der Waals surface area contributed by atoms with Crippen molar-refractivity contribution in [3.05, 3.63) is 33.8 Å². The van der Waals surface area contributed by atoms with Crippen molar-refractivity contribution in [1.29, 1.82) is 0 Å². The molecule has 0 aromatic heterocycles. The predicted octanol–water partition coefficient (Wildman–Crippen LogP) is 0.941. The Morgan fingerprint density at radius 3 is 2.50 bits per heavy atom. The average Bonchev–Trinajstić information content (AvgIpc) is 2.21. The van der Waals surface area contributed by atoms with E-state index in [1.807, 2.05) is 0 Å². The molecule has 100 valence electrons. The molecule has 0 fully saturated rings. The van der Waals surface area contributed by atoms with Crippen LogP contribution in [0.2, 0.25) is 10.0 Å². The van der Waals surface area contributed by atoms with E-state index in [0.29, 0.717) is 15.6 Å². The summed E-state index contributed by atoms with van der Waals surface area (Å²) in [4.78, 5) is 11.5. The van der Waals surface area contributed by atoms with Gasteiger partial charge in [0.05, 0.1) is 22.2 Å². The molecule has 0 saturated heterocycles. The SMILES string of the molecule is NS(=O)(=O)CCNC(=O)Cc1ccc(Cl)c(Cl)c1. The summed E-state index contributed by atoms with van der Waals surface area (Å²) in [5.41, 5.74) is 0.692. The van der Waals surface area contributed by atoms with Crippen molar-refractivity contribution in [2.45, 2.75) is 6.42 Å². The molecule has 3 N–H and O–H groups in total. The second-order valence-electron chi connectivity index (χ2n) is 3.64. The summed E-state index contributed by atoms with van der Waals surface area (Å²) in [5, 5.41) is 8.03. The summed E-state index contributed by atoms with van der Waals surface area (Å²) in [6.07, 6.45) is 0.0987. The van der Waals surface area contributed by atoms with Crippen molar-refractivity contribution in [2.75, 3.05) is 12.3 Å². The Labute approximate surface area is 115 Å². The topological polar surface area (TPSA) is 89.3 Å². The van der Waals surface area contributed by atoms with Crippen LogP contribution in [0.3, 0.4) is 0 Å². The van der Waals surface area contributed by atoms with E-state index in [1.54, 1.807) is 18.2 Å². The number of carbonyl (C=O) groups is 1. The van der Waals surface area contributed by atoms with E-state index in [2.05, 4.69) is 5.32 Å². The molecule has 0 bridgehead atoms. The van der Waals surface area contributed by atoms with Crippen molar-refractivity contribution in [1.82, 2.24) is 5.32 Å². The first-order chi connectivity index (χ1) is 8.28. The summed E-state index contributed by atoms with van der Waals surface area (Å²) < 4.78 is 21.3. The fraction of sp³-hybridized carbons (Fsp3) is 0.300. The van der Waals surface area contributed by atoms with Crippen molar-refractivity contribution in [3.63, 3.8) is 0 Å². The maximum absolute atomic E-state index is 11.5. The number of benzene rings is 1. The molecule has 8 heteroatoms. The van der Waals surface area contributed by atoms with Gasteiger partial charge in [-0.3, -0.25) is 4.79 Å². The zero-order valence-corrected chi connectivity index (χ0v) is 11.6. The fourth-order valence-electron chi connectivity index (χ4n) is 1.23. The highest BCUT2D eigenvalue weighted by Gasteiger charge is 2.07. The quantitative estimate of drug-likeness (QED) is 0.848. The third-order valence-electron chi connectivity index (χ3n) is 2.06. The van der Waals surface area contributed by atoms with Crippen LogP contribution < -0.4 is 10.5 Å². The van der Waals surface area contributed by atoms with Gasteiger partial charge in [0, 0.05) is 6.54 Å². The molecule has 1 amide bonds. The Balaban J connectivity index is 2.47. The molecule has 0 saturated carbocycles. The van der Waals surface area contributed by atoms with Gasteiger partial charge in [-0.15, -0.1) is 0 Å². The molecule has 1 aromatic rings. The van der Waals surface area contributed by atoms with Gasteiger partial charge in [0.2, 0.25) is 15.9 Å². The molecule has 5 nitrogen and oxygen atoms in total. The van der Waals surface area contributed by atoms with Crippen LogP contribution in [-0.2, 0) is 21.2 Å². The number of nitrogens with two attached hydrogens (primary N) is 1. The maximum atomic E-state index is 11.5. The highest BCUT2D eigenvalue weighted by Crippen LogP contribution is 2.22. The summed E-state index contributed by atoms with van der Waals surface area (Å²) in [6, 6.07) is 4.85. The number of rotatable bonds is 5. The summed E-state index contributed by atoms with van der Waals surface area (Å²) in [5.74, 6) is -0.600. The van der Waals surface area contributed by atoms with Crippen LogP contribution in [0.5, 0.6) is 0 Å². The van der Waals surface area contributed by atoms with E-state index >= 15 is 0 Å². The minimum absolute atomic E-state index is 0.0149. The molecule has 0 heterocycles. The van der Waals surface area contributed by atoms with Crippen LogP contribution in [0.4, 0.5) is 0 Å². The van der Waals surface area contributed by atoms with E-state index in [0.717, 1.165) is 0 Å². The molecular weight excluding hydrogens is 299 g/mol. The minimum atomic E-state index is -3.56. The van der Waals surface area contributed by atoms with Crippen LogP contribution in [0.15, 0.2) is 18.2 Å². The summed E-state index contributed by atoms with van der Waals surface area (Å²) in [7, 11) is -3.56. The summed E-state index contributed by atoms with van der Waals surface area (Å²) >= 11 is 11.5. The van der Waals surface area contributed by atoms with Gasteiger partial charge < -0.3 is 5.32 Å². The van der Waals surface area contributed by atoms with Crippen molar-refractivity contribution < 1.29 is 13.2 Å². The maximum Gasteiger partial charge on any atom is 0.224 e. The lowest BCUT2D eigenvalue weighted by atomic mass is 10.1. The van der Waals surface area contributed by atoms with Gasteiger partial charge in [-0.25, -0.2) is 13.6 Å². The zero-order valence-electron chi connectivity index (χ0n) is 9.32. The highest BCUT2D eigenvalue weighted by molar-refractivity contribution is 7.89. The van der Waals surface area contributed by atoms with Gasteiger partial charge in [-0.2, -0.15) is 0 Å². The first-order valence-electron chi connectivity index (χ1n) is 4.99. The molecule has 0 aliphatic carbocycles. The first kappa shape index (κ1) is 15.2. The van der Waals surface area contributed by atoms with Gasteiger partial charge in [0.15, 0.2) is 0 Å². The van der Waals surface area contributed by atoms with Crippen LogP contribution in [-0.4, -0.2) is 26.6 Å². The average molecular weight is 311 g/mol. The molecule has 1 aromatic carbocycles. The second-order valence-corrected chi connectivity index (χ2v) is 6.19. The van der Waals surface area contributed by atoms with E-state index in [-0.39, 0.29) is 24.6 Å². The van der Waals surface area contributed by atoms with Crippen LogP contribution in [0.1, 0.15) is 5.56 Å². The molecular formula is C10H12Cl2N2O3S. The van der Waals surface area contributed by atoms with Gasteiger partial charge >= 0.3 is 0 Å². The predicted molar refractivity (Wildman–Crippen MR) is 71.1 cm³/mol. The summed E-state index contributed by atoms with van der Waals surface area (Å²) in [6.45, 7) is -0.0149. The highest BCUT2D eigenvalue weighted by atomic mass is 35.5. The Morgan fingerprint density at radius 2 is 1.94 bits per heavy atom. The number of sulfonamides is 1. The Hall–Kier alpha value is -0.820. The van der Waals surface area contributed by atoms with Gasteiger partial charge in [-0.05, 0) is 17.7 Å². The molecule has 0 aliphatic heterocycles. The number of halogens is 2. The zero-order chi connectivity index (χ0) is 13.8. The number of nitrogens with one attached hydrogen (secondary N) is 1. The Morgan fingerprint density at radius 1 is 1.28 bits per heavy atom. The molecule has 1 rings (SSSR count). The number of hydrogen-bond acceptors (Lipinski definition) is 3. The van der Waals surface area contributed by atoms with Gasteiger partial charge in [0.25, 0.3) is 0 Å². The lowest BCUT2D eigenvalue weighted by Gasteiger charge is -2.05. The molecule has 0 radical (unpaired) electrons. The monoisotopic (exact) mass is 310 g/mol. The standard InChI is InChI=1S/C10H12Cl2N2O3S/c11-8-2-1-7(5-9(8)12)6-10(15)14-3-4-18(13,16)17/h1-2,5H,3-4,6H2,(H,14,15)(H2,13,16,17). The lowest BCUT2D eigenvalue weighted by Crippen LogP contribution is -2.32. The van der Waals surface area contributed by atoms with Gasteiger partial charge in [-0.1, -0.05) is 29.3 Å². The largest absolute Gasteiger partial charge is 0.355 e. The van der Waals surface area contributed by atoms with Crippen molar-refractivity contribution in [2.24, 2.45) is 5.14 Å². The molecule has 0 aliphatic rings. The first-order valence-corrected chi connectivity index (χ1v) is 7.46. The van der Waals surface area contributed by atoms with Crippen molar-refractivity contribution >= 4 is 39.1 Å². The van der Waals surface area contributed by atoms with Gasteiger partial charge in [0.1, 0.15) is 0 Å². The smallest absolute Gasteiger partial charge is 0.224 e. The normalized spacial score (nSPS) is 11.3. The number of carbonyl (C=O) groups excluding carboxylic acids is 1.